The van der Waals surface area contributed by atoms with Gasteiger partial charge in [0.2, 0.25) is 6.29 Å². The summed E-state index contributed by atoms with van der Waals surface area (Å²) in [5.41, 5.74) is -0.614. The summed E-state index contributed by atoms with van der Waals surface area (Å²) in [7, 11) is 0. The topological polar surface area (TPSA) is 61.8 Å². The molecule has 0 fully saturated rings. The van der Waals surface area contributed by atoms with Crippen LogP contribution in [-0.2, 0) is 19.0 Å². The van der Waals surface area contributed by atoms with Gasteiger partial charge in [-0.1, -0.05) is 0 Å². The second kappa shape index (κ2) is 4.65. The number of rotatable bonds is 1. The summed E-state index contributed by atoms with van der Waals surface area (Å²) in [4.78, 5) is 22.3. The molecule has 5 heteroatoms. The van der Waals surface area contributed by atoms with Crippen LogP contribution in [0.3, 0.4) is 0 Å². The van der Waals surface area contributed by atoms with Gasteiger partial charge in [0.05, 0.1) is 0 Å². The molecule has 90 valence electrons. The Kier molecular flexibility index (Phi) is 3.70. The Labute approximate surface area is 94.4 Å². The summed E-state index contributed by atoms with van der Waals surface area (Å²) in [6.07, 6.45) is 0.443. The lowest BCUT2D eigenvalue weighted by atomic mass is 10.2. The molecule has 1 aliphatic heterocycles. The molecule has 2 atom stereocenters. The zero-order valence-corrected chi connectivity index (χ0v) is 9.85. The van der Waals surface area contributed by atoms with Crippen molar-refractivity contribution in [3.63, 3.8) is 0 Å². The van der Waals surface area contributed by atoms with Crippen LogP contribution in [0.25, 0.3) is 0 Å². The summed E-state index contributed by atoms with van der Waals surface area (Å²) in [5, 5.41) is 0. The van der Waals surface area contributed by atoms with Gasteiger partial charge in [-0.2, -0.15) is 0 Å². The van der Waals surface area contributed by atoms with E-state index in [0.29, 0.717) is 0 Å². The Balaban J connectivity index is 2.47. The van der Waals surface area contributed by atoms with Crippen molar-refractivity contribution in [2.45, 2.75) is 45.7 Å². The summed E-state index contributed by atoms with van der Waals surface area (Å²) < 4.78 is 14.9. The number of ether oxygens (including phenoxy) is 3. The highest BCUT2D eigenvalue weighted by Gasteiger charge is 2.26. The van der Waals surface area contributed by atoms with Gasteiger partial charge >= 0.3 is 6.16 Å². The molecule has 0 N–H and O–H groups in total. The zero-order valence-electron chi connectivity index (χ0n) is 9.85. The molecule has 1 aliphatic rings. The molecule has 5 nitrogen and oxygen atoms in total. The molecule has 0 bridgehead atoms. The van der Waals surface area contributed by atoms with Gasteiger partial charge in [-0.15, -0.1) is 0 Å². The summed E-state index contributed by atoms with van der Waals surface area (Å²) in [6, 6.07) is 0. The fourth-order valence-corrected chi connectivity index (χ4v) is 1.06. The molecule has 1 rings (SSSR count). The minimum atomic E-state index is -0.859. The van der Waals surface area contributed by atoms with E-state index in [-0.39, 0.29) is 5.78 Å². The van der Waals surface area contributed by atoms with Gasteiger partial charge in [0.15, 0.2) is 5.78 Å². The maximum atomic E-state index is 11.3. The highest BCUT2D eigenvalue weighted by atomic mass is 16.8. The fourth-order valence-electron chi connectivity index (χ4n) is 1.06. The molecule has 1 heterocycles. The van der Waals surface area contributed by atoms with E-state index in [4.69, 9.17) is 14.2 Å². The first kappa shape index (κ1) is 12.7. The highest BCUT2D eigenvalue weighted by molar-refractivity contribution is 5.93. The SMILES string of the molecule is C[C@@H]1O[C@@H](OC(=O)OC(C)(C)C)C=CC1=O. The van der Waals surface area contributed by atoms with Gasteiger partial charge in [-0.25, -0.2) is 4.79 Å². The Hall–Kier alpha value is -1.36. The molecule has 0 radical (unpaired) electrons. The molecule has 0 aromatic carbocycles. The van der Waals surface area contributed by atoms with Crippen LogP contribution in [0, 0.1) is 0 Å². The quantitative estimate of drug-likeness (QED) is 0.640. The Morgan fingerprint density at radius 3 is 2.56 bits per heavy atom. The van der Waals surface area contributed by atoms with Gasteiger partial charge in [0.1, 0.15) is 11.7 Å². The first-order chi connectivity index (χ1) is 7.28. The second-order valence-electron chi connectivity index (χ2n) is 4.49. The normalized spacial score (nSPS) is 25.4. The van der Waals surface area contributed by atoms with Crippen molar-refractivity contribution in [1.29, 1.82) is 0 Å². The minimum Gasteiger partial charge on any atom is -0.428 e. The average molecular weight is 228 g/mol. The molecular formula is C11H16O5. The first-order valence-corrected chi connectivity index (χ1v) is 5.05. The number of carbonyl (C=O) groups is 2. The van der Waals surface area contributed by atoms with Crippen molar-refractivity contribution in [3.8, 4) is 0 Å². The van der Waals surface area contributed by atoms with Crippen molar-refractivity contribution in [2.75, 3.05) is 0 Å². The predicted octanol–water partition coefficient (Wildman–Crippen LogP) is 1.81. The van der Waals surface area contributed by atoms with Crippen LogP contribution in [0.15, 0.2) is 12.2 Å². The maximum absolute atomic E-state index is 11.3. The van der Waals surface area contributed by atoms with Gasteiger partial charge in [-0.05, 0) is 39.8 Å². The highest BCUT2D eigenvalue weighted by Crippen LogP contribution is 2.14. The Morgan fingerprint density at radius 2 is 2.06 bits per heavy atom. The van der Waals surface area contributed by atoms with E-state index in [1.165, 1.54) is 12.2 Å². The van der Waals surface area contributed by atoms with Crippen LogP contribution in [0.5, 0.6) is 0 Å². The molecule has 16 heavy (non-hydrogen) atoms. The van der Waals surface area contributed by atoms with Crippen LogP contribution >= 0.6 is 0 Å². The smallest absolute Gasteiger partial charge is 0.428 e. The predicted molar refractivity (Wildman–Crippen MR) is 55.8 cm³/mol. The van der Waals surface area contributed by atoms with Crippen molar-refractivity contribution >= 4 is 11.9 Å². The lowest BCUT2D eigenvalue weighted by Gasteiger charge is -2.24. The molecular weight excluding hydrogens is 212 g/mol. The Morgan fingerprint density at radius 1 is 1.44 bits per heavy atom. The molecule has 0 spiro atoms. The molecule has 0 saturated heterocycles. The largest absolute Gasteiger partial charge is 0.511 e. The second-order valence-corrected chi connectivity index (χ2v) is 4.49. The number of hydrogen-bond donors (Lipinski definition) is 0. The van der Waals surface area contributed by atoms with Crippen molar-refractivity contribution in [3.05, 3.63) is 12.2 Å². The third kappa shape index (κ3) is 4.02. The van der Waals surface area contributed by atoms with Gasteiger partial charge in [0.25, 0.3) is 0 Å². The van der Waals surface area contributed by atoms with Gasteiger partial charge < -0.3 is 14.2 Å². The van der Waals surface area contributed by atoms with Crippen molar-refractivity contribution in [2.24, 2.45) is 0 Å². The standard InChI is InChI=1S/C11H16O5/c1-7-8(12)5-6-9(14-7)15-10(13)16-11(2,3)4/h5-7,9H,1-4H3/t7-,9-/m0/s1. The lowest BCUT2D eigenvalue weighted by Crippen LogP contribution is -2.34. The average Bonchev–Trinajstić information content (AvgIpc) is 2.08. The van der Waals surface area contributed by atoms with Crippen LogP contribution in [-0.4, -0.2) is 29.9 Å². The molecule has 0 aliphatic carbocycles. The molecule has 0 aromatic rings. The lowest BCUT2D eigenvalue weighted by molar-refractivity contribution is -0.154. The number of hydrogen-bond acceptors (Lipinski definition) is 5. The van der Waals surface area contributed by atoms with E-state index < -0.39 is 24.2 Å². The van der Waals surface area contributed by atoms with Crippen LogP contribution < -0.4 is 0 Å². The van der Waals surface area contributed by atoms with Gasteiger partial charge in [-0.3, -0.25) is 4.79 Å². The van der Waals surface area contributed by atoms with Crippen LogP contribution in [0.1, 0.15) is 27.7 Å². The van der Waals surface area contributed by atoms with E-state index >= 15 is 0 Å². The Bertz CT molecular complexity index is 313. The van der Waals surface area contributed by atoms with E-state index in [0.717, 1.165) is 0 Å². The van der Waals surface area contributed by atoms with Crippen LogP contribution in [0.2, 0.25) is 0 Å². The number of ketones is 1. The van der Waals surface area contributed by atoms with E-state index in [2.05, 4.69) is 0 Å². The van der Waals surface area contributed by atoms with Crippen molar-refractivity contribution < 1.29 is 23.8 Å². The molecule has 0 saturated carbocycles. The molecule has 0 aromatic heterocycles. The minimum absolute atomic E-state index is 0.149. The molecule has 0 unspecified atom stereocenters. The molecule has 0 amide bonds. The number of carbonyl (C=O) groups excluding carboxylic acids is 2. The zero-order chi connectivity index (χ0) is 12.3. The van der Waals surface area contributed by atoms with E-state index in [1.807, 2.05) is 0 Å². The van der Waals surface area contributed by atoms with Crippen molar-refractivity contribution in [1.82, 2.24) is 0 Å². The summed E-state index contributed by atoms with van der Waals surface area (Å²) in [5.74, 6) is -0.149. The van der Waals surface area contributed by atoms with Gasteiger partial charge in [0, 0.05) is 0 Å². The third-order valence-corrected chi connectivity index (χ3v) is 1.76. The summed E-state index contributed by atoms with van der Waals surface area (Å²) >= 11 is 0. The van der Waals surface area contributed by atoms with E-state index in [1.54, 1.807) is 27.7 Å². The fraction of sp³-hybridized carbons (Fsp3) is 0.636. The summed E-state index contributed by atoms with van der Waals surface area (Å²) in [6.45, 7) is 6.80. The maximum Gasteiger partial charge on any atom is 0.511 e. The third-order valence-electron chi connectivity index (χ3n) is 1.76. The monoisotopic (exact) mass is 228 g/mol. The first-order valence-electron chi connectivity index (χ1n) is 5.05. The van der Waals surface area contributed by atoms with E-state index in [9.17, 15) is 9.59 Å². The van der Waals surface area contributed by atoms with Crippen LogP contribution in [0.4, 0.5) is 4.79 Å².